The molecule has 0 saturated heterocycles. The lowest BCUT2D eigenvalue weighted by Gasteiger charge is -2.19. The zero-order valence-corrected chi connectivity index (χ0v) is 14.4. The Kier molecular flexibility index (Phi) is 5.63. The van der Waals surface area contributed by atoms with E-state index in [1.807, 2.05) is 44.2 Å². The fraction of sp³-hybridized carbons (Fsp3) is 0.294. The highest BCUT2D eigenvalue weighted by molar-refractivity contribution is 7.89. The molecule has 0 aliphatic heterocycles. The van der Waals surface area contributed by atoms with Gasteiger partial charge in [0, 0.05) is 6.04 Å². The van der Waals surface area contributed by atoms with Crippen LogP contribution in [-0.4, -0.2) is 22.1 Å². The van der Waals surface area contributed by atoms with E-state index in [0.717, 1.165) is 17.0 Å². The van der Waals surface area contributed by atoms with Crippen LogP contribution >= 0.6 is 0 Å². The van der Waals surface area contributed by atoms with Crippen LogP contribution in [0.1, 0.15) is 25.5 Å². The summed E-state index contributed by atoms with van der Waals surface area (Å²) in [6, 6.07) is 14.5. The van der Waals surface area contributed by atoms with Crippen LogP contribution < -0.4 is 14.8 Å². The van der Waals surface area contributed by atoms with Crippen LogP contribution in [0.2, 0.25) is 0 Å². The lowest BCUT2D eigenvalue weighted by molar-refractivity contribution is 0.341. The zero-order chi connectivity index (χ0) is 16.9. The Morgan fingerprint density at radius 2 is 1.87 bits per heavy atom. The third-order valence-corrected chi connectivity index (χ3v) is 4.91. The molecule has 0 spiro atoms. The van der Waals surface area contributed by atoms with Crippen LogP contribution in [0.25, 0.3) is 0 Å². The van der Waals surface area contributed by atoms with E-state index in [1.165, 1.54) is 7.05 Å². The predicted molar refractivity (Wildman–Crippen MR) is 92.3 cm³/mol. The molecule has 6 heteroatoms. The first-order valence-corrected chi connectivity index (χ1v) is 8.98. The summed E-state index contributed by atoms with van der Waals surface area (Å²) in [6.07, 6.45) is 0. The molecule has 2 N–H and O–H groups in total. The number of sulfonamides is 1. The molecule has 0 bridgehead atoms. The average Bonchev–Trinajstić information content (AvgIpc) is 2.57. The SMILES string of the molecule is CCOc1ccccc1N[C@@H](C)c1cccc(S(=O)(=O)NC)c1. The largest absolute Gasteiger partial charge is 0.492 e. The van der Waals surface area contributed by atoms with E-state index < -0.39 is 10.0 Å². The number of anilines is 1. The van der Waals surface area contributed by atoms with E-state index in [-0.39, 0.29) is 10.9 Å². The van der Waals surface area contributed by atoms with Gasteiger partial charge in [0.1, 0.15) is 5.75 Å². The molecule has 1 atom stereocenters. The van der Waals surface area contributed by atoms with E-state index in [9.17, 15) is 8.42 Å². The van der Waals surface area contributed by atoms with Gasteiger partial charge in [-0.1, -0.05) is 24.3 Å². The van der Waals surface area contributed by atoms with Crippen molar-refractivity contribution in [2.75, 3.05) is 19.0 Å². The monoisotopic (exact) mass is 334 g/mol. The van der Waals surface area contributed by atoms with Crippen molar-refractivity contribution in [1.82, 2.24) is 4.72 Å². The standard InChI is InChI=1S/C17H22N2O3S/c1-4-22-17-11-6-5-10-16(17)19-13(2)14-8-7-9-15(12-14)23(20,21)18-3/h5-13,18-19H,4H2,1-3H3/t13-/m0/s1. The van der Waals surface area contributed by atoms with Crippen molar-refractivity contribution >= 4 is 15.7 Å². The second-order valence-corrected chi connectivity index (χ2v) is 6.96. The van der Waals surface area contributed by atoms with E-state index in [2.05, 4.69) is 10.0 Å². The first kappa shape index (κ1) is 17.3. The van der Waals surface area contributed by atoms with Gasteiger partial charge in [0.15, 0.2) is 0 Å². The molecule has 0 fully saturated rings. The van der Waals surface area contributed by atoms with Gasteiger partial charge in [-0.15, -0.1) is 0 Å². The Morgan fingerprint density at radius 3 is 2.57 bits per heavy atom. The number of hydrogen-bond donors (Lipinski definition) is 2. The molecule has 2 aromatic rings. The van der Waals surface area contributed by atoms with Crippen LogP contribution in [0.4, 0.5) is 5.69 Å². The fourth-order valence-electron chi connectivity index (χ4n) is 2.25. The summed E-state index contributed by atoms with van der Waals surface area (Å²) in [6.45, 7) is 4.50. The molecule has 124 valence electrons. The Morgan fingerprint density at radius 1 is 1.13 bits per heavy atom. The van der Waals surface area contributed by atoms with Crippen LogP contribution in [0, 0.1) is 0 Å². The lowest BCUT2D eigenvalue weighted by atomic mass is 10.1. The number of ether oxygens (including phenoxy) is 1. The summed E-state index contributed by atoms with van der Waals surface area (Å²) in [7, 11) is -2.04. The van der Waals surface area contributed by atoms with Crippen LogP contribution in [0.5, 0.6) is 5.75 Å². The number of hydrogen-bond acceptors (Lipinski definition) is 4. The Bertz CT molecular complexity index is 760. The Balaban J connectivity index is 2.25. The van der Waals surface area contributed by atoms with Crippen LogP contribution in [-0.2, 0) is 10.0 Å². The fourth-order valence-corrected chi connectivity index (χ4v) is 3.04. The number of para-hydroxylation sites is 2. The highest BCUT2D eigenvalue weighted by atomic mass is 32.2. The van der Waals surface area contributed by atoms with Crippen molar-refractivity contribution in [3.8, 4) is 5.75 Å². The maximum Gasteiger partial charge on any atom is 0.240 e. The van der Waals surface area contributed by atoms with Gasteiger partial charge in [0.25, 0.3) is 0 Å². The van der Waals surface area contributed by atoms with Gasteiger partial charge >= 0.3 is 0 Å². The van der Waals surface area contributed by atoms with Gasteiger partial charge in [0.05, 0.1) is 17.2 Å². The summed E-state index contributed by atoms with van der Waals surface area (Å²) >= 11 is 0. The predicted octanol–water partition coefficient (Wildman–Crippen LogP) is 3.17. The highest BCUT2D eigenvalue weighted by Gasteiger charge is 2.14. The summed E-state index contributed by atoms with van der Waals surface area (Å²) in [5.41, 5.74) is 1.76. The molecule has 0 aliphatic rings. The van der Waals surface area contributed by atoms with Crippen molar-refractivity contribution in [3.05, 3.63) is 54.1 Å². The minimum Gasteiger partial charge on any atom is -0.492 e. The molecule has 2 rings (SSSR count). The summed E-state index contributed by atoms with van der Waals surface area (Å²) < 4.78 is 31.8. The maximum atomic E-state index is 11.9. The first-order valence-electron chi connectivity index (χ1n) is 7.49. The van der Waals surface area contributed by atoms with Crippen LogP contribution in [0.3, 0.4) is 0 Å². The average molecular weight is 334 g/mol. The van der Waals surface area contributed by atoms with Gasteiger partial charge < -0.3 is 10.1 Å². The van der Waals surface area contributed by atoms with Gasteiger partial charge in [0.2, 0.25) is 10.0 Å². The lowest BCUT2D eigenvalue weighted by Crippen LogP contribution is -2.19. The normalized spacial score (nSPS) is 12.7. The molecule has 0 aromatic heterocycles. The molecule has 5 nitrogen and oxygen atoms in total. The van der Waals surface area contributed by atoms with Crippen molar-refractivity contribution in [2.45, 2.75) is 24.8 Å². The molecular formula is C17H22N2O3S. The van der Waals surface area contributed by atoms with E-state index in [0.29, 0.717) is 6.61 Å². The van der Waals surface area contributed by atoms with Crippen molar-refractivity contribution in [1.29, 1.82) is 0 Å². The third-order valence-electron chi connectivity index (χ3n) is 3.50. The Hall–Kier alpha value is -2.05. The second kappa shape index (κ2) is 7.48. The number of rotatable bonds is 7. The third kappa shape index (κ3) is 4.24. The van der Waals surface area contributed by atoms with E-state index >= 15 is 0 Å². The van der Waals surface area contributed by atoms with Crippen molar-refractivity contribution in [2.24, 2.45) is 0 Å². The minimum atomic E-state index is -3.45. The second-order valence-electron chi connectivity index (χ2n) is 5.08. The summed E-state index contributed by atoms with van der Waals surface area (Å²) in [5, 5.41) is 3.37. The van der Waals surface area contributed by atoms with Crippen molar-refractivity contribution < 1.29 is 13.2 Å². The summed E-state index contributed by atoms with van der Waals surface area (Å²) in [5.74, 6) is 0.779. The number of benzene rings is 2. The quantitative estimate of drug-likeness (QED) is 0.816. The molecule has 0 saturated carbocycles. The van der Waals surface area contributed by atoms with Gasteiger partial charge in [-0.3, -0.25) is 0 Å². The van der Waals surface area contributed by atoms with Crippen molar-refractivity contribution in [3.63, 3.8) is 0 Å². The van der Waals surface area contributed by atoms with Gasteiger partial charge in [-0.2, -0.15) is 0 Å². The molecule has 0 aliphatic carbocycles. The topological polar surface area (TPSA) is 67.4 Å². The molecule has 0 radical (unpaired) electrons. The zero-order valence-electron chi connectivity index (χ0n) is 13.5. The van der Waals surface area contributed by atoms with E-state index in [1.54, 1.807) is 18.2 Å². The molecule has 0 unspecified atom stereocenters. The molecular weight excluding hydrogens is 312 g/mol. The van der Waals surface area contributed by atoms with Gasteiger partial charge in [-0.05, 0) is 50.7 Å². The van der Waals surface area contributed by atoms with E-state index in [4.69, 9.17) is 4.74 Å². The molecule has 23 heavy (non-hydrogen) atoms. The first-order chi connectivity index (χ1) is 11.0. The smallest absolute Gasteiger partial charge is 0.240 e. The van der Waals surface area contributed by atoms with Crippen LogP contribution in [0.15, 0.2) is 53.4 Å². The number of nitrogens with one attached hydrogen (secondary N) is 2. The summed E-state index contributed by atoms with van der Waals surface area (Å²) in [4.78, 5) is 0.254. The molecule has 0 heterocycles. The maximum absolute atomic E-state index is 11.9. The van der Waals surface area contributed by atoms with Gasteiger partial charge in [-0.25, -0.2) is 13.1 Å². The minimum absolute atomic E-state index is 0.0661. The highest BCUT2D eigenvalue weighted by Crippen LogP contribution is 2.28. The molecule has 0 amide bonds. The Labute approximate surface area is 137 Å². The molecule has 2 aromatic carbocycles.